The van der Waals surface area contributed by atoms with Crippen molar-refractivity contribution in [1.29, 1.82) is 0 Å². The molecule has 1 aliphatic heterocycles. The lowest BCUT2D eigenvalue weighted by molar-refractivity contribution is 0.0766. The number of aryl methyl sites for hydroxylation is 2. The minimum atomic E-state index is 0.0249. The molecule has 3 aromatic rings. The number of aromatic amines is 1. The number of rotatable bonds is 5. The van der Waals surface area contributed by atoms with Crippen LogP contribution in [-0.2, 0) is 6.42 Å². The summed E-state index contributed by atoms with van der Waals surface area (Å²) < 4.78 is 2.18. The topological polar surface area (TPSA) is 79.7 Å². The van der Waals surface area contributed by atoms with E-state index in [0.717, 1.165) is 42.5 Å². The Labute approximate surface area is 176 Å². The normalized spacial score (nSPS) is 22.6. The minimum absolute atomic E-state index is 0.0249. The molecule has 2 fully saturated rings. The third kappa shape index (κ3) is 3.04. The lowest BCUT2D eigenvalue weighted by atomic mass is 10.1. The molecule has 5 rings (SSSR count). The van der Waals surface area contributed by atoms with Gasteiger partial charge in [-0.25, -0.2) is 0 Å². The largest absolute Gasteiger partial charge is 0.337 e. The van der Waals surface area contributed by atoms with E-state index in [1.807, 2.05) is 17.9 Å². The molecule has 1 N–H and O–H groups in total. The van der Waals surface area contributed by atoms with Gasteiger partial charge in [-0.1, -0.05) is 32.9 Å². The molecule has 2 aliphatic rings. The van der Waals surface area contributed by atoms with Gasteiger partial charge in [0.2, 0.25) is 0 Å². The molecule has 0 bridgehead atoms. The summed E-state index contributed by atoms with van der Waals surface area (Å²) >= 11 is 0. The average molecular weight is 405 g/mol. The quantitative estimate of drug-likeness (QED) is 0.706. The fraction of sp³-hybridized carbons (Fsp3) is 0.478. The second-order valence-corrected chi connectivity index (χ2v) is 8.89. The highest BCUT2D eigenvalue weighted by Gasteiger charge is 2.59. The predicted octanol–water partition coefficient (Wildman–Crippen LogP) is 3.47. The van der Waals surface area contributed by atoms with Crippen molar-refractivity contribution < 1.29 is 4.79 Å². The van der Waals surface area contributed by atoms with Crippen LogP contribution >= 0.6 is 0 Å². The highest BCUT2D eigenvalue weighted by molar-refractivity contribution is 5.92. The number of piperidine rings is 1. The maximum Gasteiger partial charge on any atom is 0.274 e. The molecule has 0 spiro atoms. The zero-order valence-corrected chi connectivity index (χ0v) is 18.0. The van der Waals surface area contributed by atoms with Crippen LogP contribution in [0.15, 0.2) is 30.3 Å². The van der Waals surface area contributed by atoms with E-state index in [1.165, 1.54) is 5.56 Å². The van der Waals surface area contributed by atoms with E-state index in [9.17, 15) is 4.79 Å². The van der Waals surface area contributed by atoms with Crippen LogP contribution in [0.2, 0.25) is 0 Å². The Bertz CT molecular complexity index is 1070. The van der Waals surface area contributed by atoms with Gasteiger partial charge in [0, 0.05) is 30.4 Å². The first-order chi connectivity index (χ1) is 14.5. The van der Waals surface area contributed by atoms with Gasteiger partial charge in [0.1, 0.15) is 17.3 Å². The molecule has 3 heterocycles. The molecule has 0 radical (unpaired) electrons. The van der Waals surface area contributed by atoms with Crippen LogP contribution in [0.4, 0.5) is 0 Å². The first-order valence-electron chi connectivity index (χ1n) is 10.8. The van der Waals surface area contributed by atoms with Gasteiger partial charge >= 0.3 is 0 Å². The Kier molecular flexibility index (Phi) is 4.49. The fourth-order valence-corrected chi connectivity index (χ4v) is 4.77. The number of likely N-dealkylation sites (tertiary alicyclic amines) is 1. The van der Waals surface area contributed by atoms with Gasteiger partial charge in [-0.3, -0.25) is 14.5 Å². The van der Waals surface area contributed by atoms with Crippen molar-refractivity contribution in [3.05, 3.63) is 58.9 Å². The SMILES string of the molecule is CCc1ccc(-n2c(C)nnc2C2C3CN(C(=O)c4cc(C(C)C)[nH]n4)CC32)cc1. The van der Waals surface area contributed by atoms with Gasteiger partial charge in [0.05, 0.1) is 0 Å². The van der Waals surface area contributed by atoms with Crippen molar-refractivity contribution in [2.45, 2.75) is 46.0 Å². The maximum atomic E-state index is 12.9. The number of fused-ring (bicyclic) bond motifs is 1. The number of nitrogens with one attached hydrogen (secondary N) is 1. The number of benzene rings is 1. The molecule has 2 aromatic heterocycles. The lowest BCUT2D eigenvalue weighted by Gasteiger charge is -2.19. The zero-order chi connectivity index (χ0) is 21.0. The number of carbonyl (C=O) groups excluding carboxylic acids is 1. The summed E-state index contributed by atoms with van der Waals surface area (Å²) in [5, 5.41) is 16.1. The van der Waals surface area contributed by atoms with Gasteiger partial charge < -0.3 is 4.90 Å². The average Bonchev–Trinajstić information content (AvgIpc) is 3.20. The molecule has 156 valence electrons. The van der Waals surface area contributed by atoms with E-state index >= 15 is 0 Å². The van der Waals surface area contributed by atoms with Gasteiger partial charge in [0.25, 0.3) is 5.91 Å². The third-order valence-corrected chi connectivity index (χ3v) is 6.67. The number of nitrogens with zero attached hydrogens (tertiary/aromatic N) is 5. The molecule has 1 aliphatic carbocycles. The lowest BCUT2D eigenvalue weighted by Crippen LogP contribution is -2.31. The van der Waals surface area contributed by atoms with Crippen LogP contribution in [0.5, 0.6) is 0 Å². The highest BCUT2D eigenvalue weighted by atomic mass is 16.2. The van der Waals surface area contributed by atoms with E-state index in [1.54, 1.807) is 0 Å². The molecule has 2 unspecified atom stereocenters. The molecular formula is C23H28N6O. The van der Waals surface area contributed by atoms with E-state index in [4.69, 9.17) is 0 Å². The summed E-state index contributed by atoms with van der Waals surface area (Å²) in [6.45, 7) is 9.87. The second kappa shape index (κ2) is 7.07. The number of H-pyrrole nitrogens is 1. The molecule has 2 atom stereocenters. The van der Waals surface area contributed by atoms with Crippen LogP contribution in [0.25, 0.3) is 5.69 Å². The van der Waals surface area contributed by atoms with E-state index in [0.29, 0.717) is 29.4 Å². The van der Waals surface area contributed by atoms with Crippen molar-refractivity contribution in [3.8, 4) is 5.69 Å². The monoisotopic (exact) mass is 404 g/mol. The Morgan fingerprint density at radius 1 is 1.17 bits per heavy atom. The smallest absolute Gasteiger partial charge is 0.274 e. The maximum absolute atomic E-state index is 12.9. The van der Waals surface area contributed by atoms with Crippen LogP contribution in [0.3, 0.4) is 0 Å². The molecule has 7 nitrogen and oxygen atoms in total. The first kappa shape index (κ1) is 19.0. The molecule has 1 amide bonds. The number of hydrogen-bond acceptors (Lipinski definition) is 4. The van der Waals surface area contributed by atoms with Crippen molar-refractivity contribution >= 4 is 5.91 Å². The van der Waals surface area contributed by atoms with Gasteiger partial charge in [-0.15, -0.1) is 10.2 Å². The Balaban J connectivity index is 1.31. The van der Waals surface area contributed by atoms with Crippen LogP contribution < -0.4 is 0 Å². The summed E-state index contributed by atoms with van der Waals surface area (Å²) in [6.07, 6.45) is 1.03. The van der Waals surface area contributed by atoms with Crippen LogP contribution in [0, 0.1) is 18.8 Å². The Morgan fingerprint density at radius 3 is 2.47 bits per heavy atom. The Hall–Kier alpha value is -2.96. The molecule has 1 saturated carbocycles. The molecular weight excluding hydrogens is 376 g/mol. The summed E-state index contributed by atoms with van der Waals surface area (Å²) in [4.78, 5) is 14.8. The van der Waals surface area contributed by atoms with Crippen LogP contribution in [0.1, 0.15) is 66.0 Å². The Morgan fingerprint density at radius 2 is 1.87 bits per heavy atom. The van der Waals surface area contributed by atoms with Crippen LogP contribution in [-0.4, -0.2) is 48.9 Å². The summed E-state index contributed by atoms with van der Waals surface area (Å²) in [5.41, 5.74) is 3.95. The fourth-order valence-electron chi connectivity index (χ4n) is 4.77. The summed E-state index contributed by atoms with van der Waals surface area (Å²) in [6, 6.07) is 10.5. The van der Waals surface area contributed by atoms with E-state index in [2.05, 4.69) is 70.0 Å². The van der Waals surface area contributed by atoms with Gasteiger partial charge in [-0.2, -0.15) is 5.10 Å². The zero-order valence-electron chi connectivity index (χ0n) is 18.0. The first-order valence-corrected chi connectivity index (χ1v) is 10.8. The standard InChI is InChI=1S/C23H28N6O/c1-5-15-6-8-16(9-7-15)29-14(4)24-27-22(29)21-17-11-28(12-18(17)21)23(30)20-10-19(13(2)3)25-26-20/h6-10,13,17-18,21H,5,11-12H2,1-4H3,(H,25,26). The summed E-state index contributed by atoms with van der Waals surface area (Å²) in [5.74, 6) is 3.56. The minimum Gasteiger partial charge on any atom is -0.337 e. The predicted molar refractivity (Wildman–Crippen MR) is 114 cm³/mol. The molecule has 1 aromatic carbocycles. The number of carbonyl (C=O) groups is 1. The highest BCUT2D eigenvalue weighted by Crippen LogP contribution is 2.58. The third-order valence-electron chi connectivity index (χ3n) is 6.67. The summed E-state index contributed by atoms with van der Waals surface area (Å²) in [7, 11) is 0. The molecule has 1 saturated heterocycles. The van der Waals surface area contributed by atoms with Gasteiger partial charge in [-0.05, 0) is 54.9 Å². The number of aromatic nitrogens is 5. The van der Waals surface area contributed by atoms with Crippen molar-refractivity contribution in [2.75, 3.05) is 13.1 Å². The van der Waals surface area contributed by atoms with E-state index < -0.39 is 0 Å². The molecule has 30 heavy (non-hydrogen) atoms. The van der Waals surface area contributed by atoms with Crippen molar-refractivity contribution in [2.24, 2.45) is 11.8 Å². The number of hydrogen-bond donors (Lipinski definition) is 1. The van der Waals surface area contributed by atoms with Crippen molar-refractivity contribution in [3.63, 3.8) is 0 Å². The van der Waals surface area contributed by atoms with E-state index in [-0.39, 0.29) is 5.91 Å². The van der Waals surface area contributed by atoms with Crippen molar-refractivity contribution in [1.82, 2.24) is 29.9 Å². The van der Waals surface area contributed by atoms with Gasteiger partial charge in [0.15, 0.2) is 0 Å². The second-order valence-electron chi connectivity index (χ2n) is 8.89. The number of amides is 1. The molecule has 7 heteroatoms.